The van der Waals surface area contributed by atoms with Gasteiger partial charge in [0.2, 0.25) is 0 Å². The van der Waals surface area contributed by atoms with E-state index in [9.17, 15) is 0 Å². The lowest BCUT2D eigenvalue weighted by molar-refractivity contribution is 0.204. The van der Waals surface area contributed by atoms with Crippen molar-refractivity contribution < 1.29 is 4.74 Å². The SMILES string of the molecule is CCCN1CCC[C@@]2(c3cccc(OC)c3)CC[C@H]1C2. The fraction of sp³-hybridized carbons (Fsp3) is 0.667. The molecule has 1 aliphatic carbocycles. The van der Waals surface area contributed by atoms with E-state index < -0.39 is 0 Å². The van der Waals surface area contributed by atoms with Crippen LogP contribution in [0.15, 0.2) is 24.3 Å². The molecule has 20 heavy (non-hydrogen) atoms. The van der Waals surface area contributed by atoms with Gasteiger partial charge in [0, 0.05) is 6.04 Å². The van der Waals surface area contributed by atoms with Crippen LogP contribution in [0.3, 0.4) is 0 Å². The van der Waals surface area contributed by atoms with Crippen molar-refractivity contribution in [3.63, 3.8) is 0 Å². The molecule has 110 valence electrons. The van der Waals surface area contributed by atoms with Gasteiger partial charge in [-0.15, -0.1) is 0 Å². The van der Waals surface area contributed by atoms with Crippen LogP contribution in [-0.2, 0) is 5.41 Å². The molecular formula is C18H27NO. The quantitative estimate of drug-likeness (QED) is 0.822. The minimum absolute atomic E-state index is 0.418. The van der Waals surface area contributed by atoms with Crippen molar-refractivity contribution >= 4 is 0 Å². The number of benzene rings is 1. The van der Waals surface area contributed by atoms with Crippen LogP contribution in [0.4, 0.5) is 0 Å². The van der Waals surface area contributed by atoms with Gasteiger partial charge in [0.1, 0.15) is 5.75 Å². The molecule has 1 aromatic rings. The van der Waals surface area contributed by atoms with Gasteiger partial charge in [0.15, 0.2) is 0 Å². The van der Waals surface area contributed by atoms with Gasteiger partial charge in [0.05, 0.1) is 7.11 Å². The molecule has 1 saturated carbocycles. The lowest BCUT2D eigenvalue weighted by atomic mass is 9.75. The summed E-state index contributed by atoms with van der Waals surface area (Å²) in [6.45, 7) is 4.87. The highest BCUT2D eigenvalue weighted by atomic mass is 16.5. The molecule has 0 radical (unpaired) electrons. The van der Waals surface area contributed by atoms with E-state index in [1.165, 1.54) is 57.2 Å². The highest BCUT2D eigenvalue weighted by Gasteiger charge is 2.43. The van der Waals surface area contributed by atoms with E-state index in [-0.39, 0.29) is 0 Å². The molecule has 0 unspecified atom stereocenters. The van der Waals surface area contributed by atoms with E-state index in [4.69, 9.17) is 4.74 Å². The smallest absolute Gasteiger partial charge is 0.119 e. The first kappa shape index (κ1) is 13.9. The normalized spacial score (nSPS) is 30.2. The summed E-state index contributed by atoms with van der Waals surface area (Å²) in [5, 5.41) is 0. The number of hydrogen-bond acceptors (Lipinski definition) is 2. The van der Waals surface area contributed by atoms with Crippen molar-refractivity contribution in [2.24, 2.45) is 0 Å². The van der Waals surface area contributed by atoms with E-state index in [1.54, 1.807) is 7.11 Å². The maximum absolute atomic E-state index is 5.43. The molecule has 1 heterocycles. The van der Waals surface area contributed by atoms with Gasteiger partial charge in [-0.1, -0.05) is 19.1 Å². The van der Waals surface area contributed by atoms with Crippen molar-refractivity contribution in [2.75, 3.05) is 20.2 Å². The van der Waals surface area contributed by atoms with Crippen LogP contribution in [0.25, 0.3) is 0 Å². The van der Waals surface area contributed by atoms with Crippen LogP contribution in [0.5, 0.6) is 5.75 Å². The van der Waals surface area contributed by atoms with Crippen LogP contribution in [0.2, 0.25) is 0 Å². The van der Waals surface area contributed by atoms with Crippen LogP contribution >= 0.6 is 0 Å². The molecule has 3 rings (SSSR count). The third kappa shape index (κ3) is 2.46. The van der Waals surface area contributed by atoms with Crippen LogP contribution in [0, 0.1) is 0 Å². The van der Waals surface area contributed by atoms with E-state index >= 15 is 0 Å². The largest absolute Gasteiger partial charge is 0.497 e. The van der Waals surface area contributed by atoms with Crippen molar-refractivity contribution in [1.82, 2.24) is 4.90 Å². The average Bonchev–Trinajstić information content (AvgIpc) is 2.83. The predicted octanol–water partition coefficient (Wildman–Crippen LogP) is 3.99. The van der Waals surface area contributed by atoms with Crippen molar-refractivity contribution in [1.29, 1.82) is 0 Å². The first-order chi connectivity index (χ1) is 9.77. The zero-order valence-electron chi connectivity index (χ0n) is 12.9. The standard InChI is InChI=1S/C18H27NO/c1-3-11-19-12-5-9-18(10-8-16(19)14-18)15-6-4-7-17(13-15)20-2/h4,6-7,13,16H,3,5,8-12,14H2,1-2H3/t16-,18+/m0/s1. The molecular weight excluding hydrogens is 246 g/mol. The first-order valence-corrected chi connectivity index (χ1v) is 8.16. The second kappa shape index (κ2) is 5.77. The fourth-order valence-electron chi connectivity index (χ4n) is 4.38. The molecule has 1 aromatic carbocycles. The van der Waals surface area contributed by atoms with Gasteiger partial charge in [-0.25, -0.2) is 0 Å². The fourth-order valence-corrected chi connectivity index (χ4v) is 4.38. The average molecular weight is 273 g/mol. The van der Waals surface area contributed by atoms with Gasteiger partial charge in [-0.05, 0) is 74.7 Å². The molecule has 2 nitrogen and oxygen atoms in total. The monoisotopic (exact) mass is 273 g/mol. The predicted molar refractivity (Wildman–Crippen MR) is 83.4 cm³/mol. The Labute approximate surface area is 123 Å². The Morgan fingerprint density at radius 3 is 3.05 bits per heavy atom. The Morgan fingerprint density at radius 2 is 2.25 bits per heavy atom. The maximum atomic E-state index is 5.43. The third-order valence-corrected chi connectivity index (χ3v) is 5.39. The number of nitrogens with zero attached hydrogens (tertiary/aromatic N) is 1. The van der Waals surface area contributed by atoms with E-state index in [0.29, 0.717) is 5.41 Å². The molecule has 0 amide bonds. The molecule has 2 aliphatic rings. The molecule has 0 N–H and O–H groups in total. The van der Waals surface area contributed by atoms with Gasteiger partial charge >= 0.3 is 0 Å². The van der Waals surface area contributed by atoms with E-state index in [2.05, 4.69) is 36.1 Å². The summed E-state index contributed by atoms with van der Waals surface area (Å²) in [4.78, 5) is 2.74. The summed E-state index contributed by atoms with van der Waals surface area (Å²) >= 11 is 0. The maximum Gasteiger partial charge on any atom is 0.119 e. The number of likely N-dealkylation sites (tertiary alicyclic amines) is 1. The number of methoxy groups -OCH3 is 1. The van der Waals surface area contributed by atoms with Gasteiger partial charge in [-0.3, -0.25) is 0 Å². The number of hydrogen-bond donors (Lipinski definition) is 0. The molecule has 2 atom stereocenters. The van der Waals surface area contributed by atoms with Crippen molar-refractivity contribution in [3.05, 3.63) is 29.8 Å². The van der Waals surface area contributed by atoms with Gasteiger partial charge in [-0.2, -0.15) is 0 Å². The summed E-state index contributed by atoms with van der Waals surface area (Å²) < 4.78 is 5.43. The van der Waals surface area contributed by atoms with Crippen LogP contribution < -0.4 is 4.74 Å². The van der Waals surface area contributed by atoms with Gasteiger partial charge in [0.25, 0.3) is 0 Å². The summed E-state index contributed by atoms with van der Waals surface area (Å²) in [5.74, 6) is 1.01. The van der Waals surface area contributed by atoms with E-state index in [1.807, 2.05) is 0 Å². The molecule has 2 fully saturated rings. The number of ether oxygens (including phenoxy) is 1. The summed E-state index contributed by atoms with van der Waals surface area (Å²) in [6.07, 6.45) is 8.04. The van der Waals surface area contributed by atoms with Crippen molar-refractivity contribution in [3.8, 4) is 5.75 Å². The topological polar surface area (TPSA) is 12.5 Å². The summed E-state index contributed by atoms with van der Waals surface area (Å²) in [7, 11) is 1.77. The second-order valence-electron chi connectivity index (χ2n) is 6.55. The molecule has 1 aliphatic heterocycles. The van der Waals surface area contributed by atoms with Gasteiger partial charge < -0.3 is 9.64 Å². The Kier molecular flexibility index (Phi) is 4.02. The van der Waals surface area contributed by atoms with Crippen molar-refractivity contribution in [2.45, 2.75) is 56.9 Å². The molecule has 0 aromatic heterocycles. The molecule has 2 heteroatoms. The zero-order chi connectivity index (χ0) is 14.0. The highest BCUT2D eigenvalue weighted by Crippen LogP contribution is 2.48. The summed E-state index contributed by atoms with van der Waals surface area (Å²) in [6, 6.07) is 9.62. The molecule has 0 spiro atoms. The lowest BCUT2D eigenvalue weighted by Crippen LogP contribution is -2.34. The highest BCUT2D eigenvalue weighted by molar-refractivity contribution is 5.35. The number of fused-ring (bicyclic) bond motifs is 2. The summed E-state index contributed by atoms with van der Waals surface area (Å²) in [5.41, 5.74) is 1.93. The number of rotatable bonds is 4. The zero-order valence-corrected chi connectivity index (χ0v) is 12.9. The Balaban J connectivity index is 1.85. The Morgan fingerprint density at radius 1 is 1.35 bits per heavy atom. The first-order valence-electron chi connectivity index (χ1n) is 8.16. The molecule has 2 bridgehead atoms. The van der Waals surface area contributed by atoms with Crippen LogP contribution in [0.1, 0.15) is 51.0 Å². The minimum Gasteiger partial charge on any atom is -0.497 e. The molecule has 1 saturated heterocycles. The second-order valence-corrected chi connectivity index (χ2v) is 6.55. The lowest BCUT2D eigenvalue weighted by Gasteiger charge is -2.29. The van der Waals surface area contributed by atoms with Crippen LogP contribution in [-0.4, -0.2) is 31.1 Å². The minimum atomic E-state index is 0.418. The van der Waals surface area contributed by atoms with E-state index in [0.717, 1.165) is 11.8 Å². The Hall–Kier alpha value is -1.02. The third-order valence-electron chi connectivity index (χ3n) is 5.39. The Bertz CT molecular complexity index is 458.